The molecule has 102 valence electrons. The minimum atomic E-state index is 0.747. The zero-order valence-corrected chi connectivity index (χ0v) is 12.6. The van der Waals surface area contributed by atoms with Crippen LogP contribution in [0, 0.1) is 0 Å². The Hall–Kier alpha value is -0.970. The van der Waals surface area contributed by atoms with Gasteiger partial charge in [0, 0.05) is 17.0 Å². The van der Waals surface area contributed by atoms with Crippen LogP contribution in [0.2, 0.25) is 5.02 Å². The molecule has 0 unspecified atom stereocenters. The molecular formula is C14H18ClN3S. The molecule has 0 radical (unpaired) electrons. The van der Waals surface area contributed by atoms with Crippen molar-refractivity contribution in [3.05, 3.63) is 35.1 Å². The smallest absolute Gasteiger partial charge is 0.144 e. The van der Waals surface area contributed by atoms with Crippen molar-refractivity contribution in [2.75, 3.05) is 13.1 Å². The second kappa shape index (κ2) is 7.58. The molecule has 0 aliphatic heterocycles. The molecule has 0 aliphatic rings. The topological polar surface area (TPSA) is 37.8 Å². The van der Waals surface area contributed by atoms with Crippen molar-refractivity contribution in [1.29, 1.82) is 0 Å². The Morgan fingerprint density at radius 3 is 2.74 bits per heavy atom. The van der Waals surface area contributed by atoms with Crippen LogP contribution in [-0.2, 0) is 6.42 Å². The van der Waals surface area contributed by atoms with E-state index in [1.807, 2.05) is 24.3 Å². The van der Waals surface area contributed by atoms with E-state index in [0.717, 1.165) is 47.3 Å². The minimum Gasteiger partial charge on any atom is -0.317 e. The van der Waals surface area contributed by atoms with E-state index < -0.39 is 0 Å². The van der Waals surface area contributed by atoms with Gasteiger partial charge in [0.1, 0.15) is 10.8 Å². The number of aryl methyl sites for hydroxylation is 1. The lowest BCUT2D eigenvalue weighted by molar-refractivity contribution is 0.634. The number of unbranched alkanes of at least 4 members (excludes halogenated alkanes) is 1. The van der Waals surface area contributed by atoms with Crippen LogP contribution in [0.15, 0.2) is 24.3 Å². The predicted molar refractivity (Wildman–Crippen MR) is 81.8 cm³/mol. The highest BCUT2D eigenvalue weighted by molar-refractivity contribution is 7.09. The van der Waals surface area contributed by atoms with Crippen molar-refractivity contribution in [3.8, 4) is 10.6 Å². The summed E-state index contributed by atoms with van der Waals surface area (Å²) >= 11 is 7.33. The molecule has 1 aromatic heterocycles. The quantitative estimate of drug-likeness (QED) is 0.790. The van der Waals surface area contributed by atoms with E-state index in [2.05, 4.69) is 21.6 Å². The van der Waals surface area contributed by atoms with Gasteiger partial charge in [-0.2, -0.15) is 4.37 Å². The molecule has 0 bridgehead atoms. The molecule has 1 heterocycles. The fraction of sp³-hybridized carbons (Fsp3) is 0.429. The average molecular weight is 296 g/mol. The second-order valence-electron chi connectivity index (χ2n) is 4.33. The Kier molecular flexibility index (Phi) is 5.76. The molecule has 0 atom stereocenters. The van der Waals surface area contributed by atoms with Crippen LogP contribution in [0.4, 0.5) is 0 Å². The molecular weight excluding hydrogens is 278 g/mol. The highest BCUT2D eigenvalue weighted by Gasteiger charge is 2.06. The van der Waals surface area contributed by atoms with Gasteiger partial charge in [0.25, 0.3) is 0 Å². The van der Waals surface area contributed by atoms with E-state index in [-0.39, 0.29) is 0 Å². The van der Waals surface area contributed by atoms with Gasteiger partial charge in [-0.15, -0.1) is 0 Å². The molecule has 3 nitrogen and oxygen atoms in total. The molecule has 0 amide bonds. The summed E-state index contributed by atoms with van der Waals surface area (Å²) in [5, 5.41) is 5.04. The summed E-state index contributed by atoms with van der Waals surface area (Å²) in [5.74, 6) is 0.950. The van der Waals surface area contributed by atoms with Gasteiger partial charge in [-0.3, -0.25) is 0 Å². The maximum atomic E-state index is 5.88. The molecule has 0 aliphatic carbocycles. The minimum absolute atomic E-state index is 0.747. The first-order chi connectivity index (χ1) is 9.29. The Morgan fingerprint density at radius 1 is 1.21 bits per heavy atom. The fourth-order valence-corrected chi connectivity index (χ4v) is 2.61. The second-order valence-corrected chi connectivity index (χ2v) is 5.52. The summed E-state index contributed by atoms with van der Waals surface area (Å²) in [7, 11) is 0. The standard InChI is InChI=1S/C14H18ClN3S/c1-2-16-10-4-3-5-13-17-14(19-18-13)11-6-8-12(15)9-7-11/h6-9,16H,2-5,10H2,1H3. The van der Waals surface area contributed by atoms with Gasteiger partial charge in [-0.05, 0) is 49.6 Å². The van der Waals surface area contributed by atoms with Gasteiger partial charge in [0.15, 0.2) is 0 Å². The first-order valence-electron chi connectivity index (χ1n) is 6.59. The Labute approximate surface area is 123 Å². The molecule has 0 spiro atoms. The monoisotopic (exact) mass is 295 g/mol. The van der Waals surface area contributed by atoms with Crippen molar-refractivity contribution in [2.24, 2.45) is 0 Å². The van der Waals surface area contributed by atoms with Crippen molar-refractivity contribution < 1.29 is 0 Å². The lowest BCUT2D eigenvalue weighted by Crippen LogP contribution is -2.13. The first-order valence-corrected chi connectivity index (χ1v) is 7.74. The number of aromatic nitrogens is 2. The van der Waals surface area contributed by atoms with Crippen molar-refractivity contribution in [2.45, 2.75) is 26.2 Å². The van der Waals surface area contributed by atoms with Gasteiger partial charge >= 0.3 is 0 Å². The third-order valence-electron chi connectivity index (χ3n) is 2.81. The zero-order valence-electron chi connectivity index (χ0n) is 11.0. The third-order valence-corrected chi connectivity index (χ3v) is 3.87. The molecule has 5 heteroatoms. The average Bonchev–Trinajstić information content (AvgIpc) is 2.88. The van der Waals surface area contributed by atoms with E-state index >= 15 is 0 Å². The largest absolute Gasteiger partial charge is 0.317 e. The summed E-state index contributed by atoms with van der Waals surface area (Å²) in [4.78, 5) is 4.57. The number of nitrogens with zero attached hydrogens (tertiary/aromatic N) is 2. The van der Waals surface area contributed by atoms with Crippen molar-refractivity contribution in [3.63, 3.8) is 0 Å². The fourth-order valence-electron chi connectivity index (χ4n) is 1.78. The first kappa shape index (κ1) is 14.4. The van der Waals surface area contributed by atoms with Gasteiger partial charge in [0.05, 0.1) is 0 Å². The molecule has 1 aromatic carbocycles. The van der Waals surface area contributed by atoms with E-state index in [1.54, 1.807) is 0 Å². The van der Waals surface area contributed by atoms with Gasteiger partial charge < -0.3 is 5.32 Å². The summed E-state index contributed by atoms with van der Waals surface area (Å²) in [6, 6.07) is 7.73. The Bertz CT molecular complexity index is 496. The molecule has 0 saturated heterocycles. The highest BCUT2D eigenvalue weighted by atomic mass is 35.5. The zero-order chi connectivity index (χ0) is 13.5. The molecule has 2 rings (SSSR count). The third kappa shape index (κ3) is 4.56. The van der Waals surface area contributed by atoms with Crippen molar-refractivity contribution >= 4 is 23.1 Å². The summed E-state index contributed by atoms with van der Waals surface area (Å²) in [6.45, 7) is 4.24. The summed E-state index contributed by atoms with van der Waals surface area (Å²) in [6.07, 6.45) is 3.25. The van der Waals surface area contributed by atoms with E-state index in [4.69, 9.17) is 11.6 Å². The number of benzene rings is 1. The number of rotatable bonds is 7. The molecule has 19 heavy (non-hydrogen) atoms. The molecule has 0 saturated carbocycles. The number of halogens is 1. The number of hydrogen-bond donors (Lipinski definition) is 1. The van der Waals surface area contributed by atoms with Crippen LogP contribution < -0.4 is 5.32 Å². The van der Waals surface area contributed by atoms with Crippen LogP contribution >= 0.6 is 23.1 Å². The summed E-state index contributed by atoms with van der Waals surface area (Å²) < 4.78 is 4.41. The van der Waals surface area contributed by atoms with Crippen LogP contribution in [-0.4, -0.2) is 22.4 Å². The number of nitrogens with one attached hydrogen (secondary N) is 1. The molecule has 1 N–H and O–H groups in total. The van der Waals surface area contributed by atoms with E-state index in [0.29, 0.717) is 0 Å². The summed E-state index contributed by atoms with van der Waals surface area (Å²) in [5.41, 5.74) is 1.08. The normalized spacial score (nSPS) is 10.8. The maximum Gasteiger partial charge on any atom is 0.144 e. The van der Waals surface area contributed by atoms with E-state index in [9.17, 15) is 0 Å². The maximum absolute atomic E-state index is 5.88. The Balaban J connectivity index is 1.86. The SMILES string of the molecule is CCNCCCCc1nsc(-c2ccc(Cl)cc2)n1. The lowest BCUT2D eigenvalue weighted by atomic mass is 10.2. The lowest BCUT2D eigenvalue weighted by Gasteiger charge is -1.99. The van der Waals surface area contributed by atoms with Gasteiger partial charge in [0.2, 0.25) is 0 Å². The van der Waals surface area contributed by atoms with Gasteiger partial charge in [-0.25, -0.2) is 4.98 Å². The Morgan fingerprint density at radius 2 is 2.00 bits per heavy atom. The van der Waals surface area contributed by atoms with E-state index in [1.165, 1.54) is 18.0 Å². The molecule has 2 aromatic rings. The van der Waals surface area contributed by atoms with Crippen LogP contribution in [0.1, 0.15) is 25.6 Å². The molecule has 0 fully saturated rings. The number of hydrogen-bond acceptors (Lipinski definition) is 4. The van der Waals surface area contributed by atoms with Crippen molar-refractivity contribution in [1.82, 2.24) is 14.7 Å². The van der Waals surface area contributed by atoms with Crippen LogP contribution in [0.25, 0.3) is 10.6 Å². The highest BCUT2D eigenvalue weighted by Crippen LogP contribution is 2.23. The van der Waals surface area contributed by atoms with Gasteiger partial charge in [-0.1, -0.05) is 30.7 Å². The van der Waals surface area contributed by atoms with Crippen LogP contribution in [0.5, 0.6) is 0 Å². The predicted octanol–water partition coefficient (Wildman–Crippen LogP) is 3.79. The van der Waals surface area contributed by atoms with Crippen LogP contribution in [0.3, 0.4) is 0 Å².